The number of benzene rings is 1. The van der Waals surface area contributed by atoms with Crippen molar-refractivity contribution in [1.82, 2.24) is 9.78 Å². The van der Waals surface area contributed by atoms with Gasteiger partial charge < -0.3 is 4.90 Å². The first-order valence-corrected chi connectivity index (χ1v) is 7.52. The van der Waals surface area contributed by atoms with Gasteiger partial charge in [0.15, 0.2) is 0 Å². The van der Waals surface area contributed by atoms with Gasteiger partial charge in [0.05, 0.1) is 5.52 Å². The third-order valence-corrected chi connectivity index (χ3v) is 4.76. The minimum Gasteiger partial charge on any atom is -0.312 e. The number of rotatable bonds is 2. The molecule has 1 aliphatic rings. The fraction of sp³-hybridized carbons (Fsp3) is 0.429. The number of nitrogens with zero attached hydrogens (tertiary/aromatic N) is 3. The molecule has 1 amide bonds. The number of amides is 1. The van der Waals surface area contributed by atoms with Crippen molar-refractivity contribution in [1.29, 1.82) is 0 Å². The highest BCUT2D eigenvalue weighted by Gasteiger charge is 2.30. The van der Waals surface area contributed by atoms with Crippen LogP contribution in [0.25, 0.3) is 10.9 Å². The molecule has 1 aliphatic heterocycles. The van der Waals surface area contributed by atoms with Gasteiger partial charge in [-0.05, 0) is 31.0 Å². The molecule has 2 heterocycles. The Kier molecular flexibility index (Phi) is 3.09. The van der Waals surface area contributed by atoms with Gasteiger partial charge in [-0.15, -0.1) is 0 Å². The van der Waals surface area contributed by atoms with Crippen LogP contribution < -0.4 is 4.90 Å². The van der Waals surface area contributed by atoms with Crippen LogP contribution in [0.4, 0.5) is 5.69 Å². The summed E-state index contributed by atoms with van der Waals surface area (Å²) in [6.45, 7) is 2.85. The molecule has 0 N–H and O–H groups in total. The van der Waals surface area contributed by atoms with Gasteiger partial charge in [0.25, 0.3) is 0 Å². The number of anilines is 1. The van der Waals surface area contributed by atoms with Crippen LogP contribution in [0.2, 0.25) is 0 Å². The number of aryl methyl sites for hydroxylation is 2. The highest BCUT2D eigenvalue weighted by molar-refractivity contribution is 9.09. The normalized spacial score (nSPS) is 19.6. The van der Waals surface area contributed by atoms with Crippen LogP contribution >= 0.6 is 15.9 Å². The molecule has 1 fully saturated rings. The lowest BCUT2D eigenvalue weighted by Gasteiger charge is -2.16. The van der Waals surface area contributed by atoms with Gasteiger partial charge in [-0.25, -0.2) is 0 Å². The van der Waals surface area contributed by atoms with E-state index in [-0.39, 0.29) is 5.91 Å². The minimum atomic E-state index is 0.205. The second-order valence-electron chi connectivity index (χ2n) is 5.14. The third-order valence-electron chi connectivity index (χ3n) is 3.85. The molecule has 0 aliphatic carbocycles. The van der Waals surface area contributed by atoms with E-state index in [1.165, 1.54) is 0 Å². The van der Waals surface area contributed by atoms with E-state index in [9.17, 15) is 4.79 Å². The van der Waals surface area contributed by atoms with Crippen molar-refractivity contribution < 1.29 is 4.79 Å². The first-order valence-electron chi connectivity index (χ1n) is 6.40. The zero-order valence-electron chi connectivity index (χ0n) is 11.1. The zero-order chi connectivity index (χ0) is 13.6. The third kappa shape index (κ3) is 2.06. The van der Waals surface area contributed by atoms with E-state index in [4.69, 9.17) is 0 Å². The van der Waals surface area contributed by atoms with Crippen LogP contribution in [-0.2, 0) is 11.8 Å². The molecule has 1 unspecified atom stereocenters. The quantitative estimate of drug-likeness (QED) is 0.797. The Bertz CT molecular complexity index is 649. The Morgan fingerprint density at radius 2 is 2.26 bits per heavy atom. The van der Waals surface area contributed by atoms with Gasteiger partial charge >= 0.3 is 0 Å². The lowest BCUT2D eigenvalue weighted by Crippen LogP contribution is -2.24. The molecule has 1 aromatic heterocycles. The predicted octanol–water partition coefficient (Wildman–Crippen LogP) is 2.63. The van der Waals surface area contributed by atoms with Gasteiger partial charge in [0, 0.05) is 42.1 Å². The first kappa shape index (κ1) is 12.7. The van der Waals surface area contributed by atoms with Crippen molar-refractivity contribution in [3.8, 4) is 0 Å². The van der Waals surface area contributed by atoms with E-state index in [1.54, 1.807) is 0 Å². The van der Waals surface area contributed by atoms with Crippen molar-refractivity contribution in [2.24, 2.45) is 13.0 Å². The van der Waals surface area contributed by atoms with Crippen molar-refractivity contribution in [2.45, 2.75) is 13.3 Å². The van der Waals surface area contributed by atoms with Crippen molar-refractivity contribution in [2.75, 3.05) is 16.8 Å². The topological polar surface area (TPSA) is 38.1 Å². The largest absolute Gasteiger partial charge is 0.312 e. The Morgan fingerprint density at radius 1 is 1.47 bits per heavy atom. The SMILES string of the molecule is Cc1c2ccc(N3CC(CBr)CC3=O)cc2nn1C. The number of hydrogen-bond acceptors (Lipinski definition) is 2. The Balaban J connectivity index is 2.00. The molecule has 4 nitrogen and oxygen atoms in total. The molecule has 100 valence electrons. The Labute approximate surface area is 120 Å². The number of alkyl halides is 1. The van der Waals surface area contributed by atoms with Crippen molar-refractivity contribution >= 4 is 38.4 Å². The Hall–Kier alpha value is -1.36. The van der Waals surface area contributed by atoms with E-state index < -0.39 is 0 Å². The summed E-state index contributed by atoms with van der Waals surface area (Å²) in [7, 11) is 1.94. The van der Waals surface area contributed by atoms with Gasteiger partial charge in [-0.1, -0.05) is 15.9 Å². The highest BCUT2D eigenvalue weighted by atomic mass is 79.9. The lowest BCUT2D eigenvalue weighted by atomic mass is 10.1. The molecule has 0 spiro atoms. The van der Waals surface area contributed by atoms with Gasteiger partial charge in [-0.3, -0.25) is 9.48 Å². The molecule has 0 saturated carbocycles. The monoisotopic (exact) mass is 321 g/mol. The fourth-order valence-electron chi connectivity index (χ4n) is 2.62. The molecular weight excluding hydrogens is 306 g/mol. The number of fused-ring (bicyclic) bond motifs is 1. The maximum absolute atomic E-state index is 12.0. The molecule has 1 aromatic carbocycles. The maximum Gasteiger partial charge on any atom is 0.227 e. The predicted molar refractivity (Wildman–Crippen MR) is 79.7 cm³/mol. The second kappa shape index (κ2) is 4.63. The van der Waals surface area contributed by atoms with E-state index in [2.05, 4.69) is 34.0 Å². The summed E-state index contributed by atoms with van der Waals surface area (Å²) in [5.74, 6) is 0.616. The molecule has 5 heteroatoms. The summed E-state index contributed by atoms with van der Waals surface area (Å²) in [5, 5.41) is 6.50. The highest BCUT2D eigenvalue weighted by Crippen LogP contribution is 2.29. The number of halogens is 1. The molecule has 0 bridgehead atoms. The van der Waals surface area contributed by atoms with Crippen LogP contribution in [-0.4, -0.2) is 27.6 Å². The van der Waals surface area contributed by atoms with E-state index >= 15 is 0 Å². The minimum absolute atomic E-state index is 0.205. The average molecular weight is 322 g/mol. The molecule has 1 saturated heterocycles. The molecule has 1 atom stereocenters. The van der Waals surface area contributed by atoms with E-state index in [0.29, 0.717) is 12.3 Å². The molecule has 2 aromatic rings. The lowest BCUT2D eigenvalue weighted by molar-refractivity contribution is -0.117. The fourth-order valence-corrected chi connectivity index (χ4v) is 3.06. The second-order valence-corrected chi connectivity index (χ2v) is 5.79. The summed E-state index contributed by atoms with van der Waals surface area (Å²) >= 11 is 3.46. The molecular formula is C14H16BrN3O. The standard InChI is InChI=1S/C14H16BrN3O/c1-9-12-4-3-11(6-13(12)16-17(9)2)18-8-10(7-15)5-14(18)19/h3-4,6,10H,5,7-8H2,1-2H3. The number of carbonyl (C=O) groups excluding carboxylic acids is 1. The van der Waals surface area contributed by atoms with Crippen molar-refractivity contribution in [3.63, 3.8) is 0 Å². The summed E-state index contributed by atoms with van der Waals surface area (Å²) in [6, 6.07) is 6.09. The smallest absolute Gasteiger partial charge is 0.227 e. The molecule has 3 rings (SSSR count). The first-order chi connectivity index (χ1) is 9.10. The van der Waals surface area contributed by atoms with E-state index in [0.717, 1.165) is 34.2 Å². The van der Waals surface area contributed by atoms with Crippen LogP contribution in [0, 0.1) is 12.8 Å². The summed E-state index contributed by atoms with van der Waals surface area (Å²) < 4.78 is 1.88. The van der Waals surface area contributed by atoms with Crippen LogP contribution in [0.15, 0.2) is 18.2 Å². The van der Waals surface area contributed by atoms with E-state index in [1.807, 2.05) is 28.8 Å². The summed E-state index contributed by atoms with van der Waals surface area (Å²) in [5.41, 5.74) is 3.05. The maximum atomic E-state index is 12.0. The average Bonchev–Trinajstić information content (AvgIpc) is 2.91. The summed E-state index contributed by atoms with van der Waals surface area (Å²) in [6.07, 6.45) is 0.629. The summed E-state index contributed by atoms with van der Waals surface area (Å²) in [4.78, 5) is 13.9. The molecule has 19 heavy (non-hydrogen) atoms. The Morgan fingerprint density at radius 3 is 2.95 bits per heavy atom. The van der Waals surface area contributed by atoms with Crippen LogP contribution in [0.3, 0.4) is 0 Å². The van der Waals surface area contributed by atoms with Gasteiger partial charge in [0.1, 0.15) is 0 Å². The van der Waals surface area contributed by atoms with Gasteiger partial charge in [0.2, 0.25) is 5.91 Å². The molecule has 0 radical (unpaired) electrons. The number of hydrogen-bond donors (Lipinski definition) is 0. The van der Waals surface area contributed by atoms with Crippen LogP contribution in [0.5, 0.6) is 0 Å². The number of carbonyl (C=O) groups is 1. The van der Waals surface area contributed by atoms with Crippen LogP contribution in [0.1, 0.15) is 12.1 Å². The van der Waals surface area contributed by atoms with Gasteiger partial charge in [-0.2, -0.15) is 5.10 Å². The zero-order valence-corrected chi connectivity index (χ0v) is 12.6. The number of aromatic nitrogens is 2. The van der Waals surface area contributed by atoms with Crippen molar-refractivity contribution in [3.05, 3.63) is 23.9 Å².